The van der Waals surface area contributed by atoms with E-state index in [0.717, 1.165) is 44.3 Å². The average Bonchev–Trinajstić information content (AvgIpc) is 3.26. The summed E-state index contributed by atoms with van der Waals surface area (Å²) < 4.78 is 27.2. The van der Waals surface area contributed by atoms with Crippen LogP contribution in [0.15, 0.2) is 34.2 Å². The van der Waals surface area contributed by atoms with Crippen LogP contribution in [0.4, 0.5) is 0 Å². The molecule has 9 heteroatoms. The molecule has 0 saturated carbocycles. The molecule has 1 atom stereocenters. The Bertz CT molecular complexity index is 864. The molecule has 8 nitrogen and oxygen atoms in total. The number of rotatable bonds is 7. The summed E-state index contributed by atoms with van der Waals surface area (Å²) >= 11 is 0. The first-order valence-electron chi connectivity index (χ1n) is 11.4. The number of carbonyl (C=O) groups is 1. The number of benzene rings is 1. The Balaban J connectivity index is 1.60. The van der Waals surface area contributed by atoms with Crippen molar-refractivity contribution in [3.05, 3.63) is 29.8 Å². The second-order valence-electron chi connectivity index (χ2n) is 8.13. The van der Waals surface area contributed by atoms with E-state index in [9.17, 15) is 13.2 Å². The van der Waals surface area contributed by atoms with Crippen LogP contribution in [-0.4, -0.2) is 68.3 Å². The molecular weight excluding hydrogens is 414 g/mol. The largest absolute Gasteiger partial charge is 0.357 e. The molecule has 2 saturated heterocycles. The van der Waals surface area contributed by atoms with Gasteiger partial charge in [-0.25, -0.2) is 13.4 Å². The number of guanidine groups is 1. The molecule has 0 aliphatic carbocycles. The van der Waals surface area contributed by atoms with Crippen molar-refractivity contribution in [1.82, 2.24) is 19.8 Å². The van der Waals surface area contributed by atoms with Crippen molar-refractivity contribution in [2.24, 2.45) is 4.99 Å². The number of nitrogens with one attached hydrogen (secondary N) is 2. The number of carbonyl (C=O) groups excluding carboxylic acids is 1. The van der Waals surface area contributed by atoms with Crippen molar-refractivity contribution in [3.8, 4) is 0 Å². The molecule has 1 amide bonds. The summed E-state index contributed by atoms with van der Waals surface area (Å²) in [6.07, 6.45) is 4.39. The third kappa shape index (κ3) is 6.20. The van der Waals surface area contributed by atoms with E-state index in [0.29, 0.717) is 43.5 Å². The first-order chi connectivity index (χ1) is 14.9. The molecule has 172 valence electrons. The first kappa shape index (κ1) is 23.5. The molecule has 2 aliphatic heterocycles. The van der Waals surface area contributed by atoms with Gasteiger partial charge in [0.05, 0.1) is 11.4 Å². The zero-order valence-corrected chi connectivity index (χ0v) is 19.5. The zero-order chi connectivity index (χ0) is 22.3. The highest BCUT2D eigenvalue weighted by Gasteiger charge is 2.26. The maximum atomic E-state index is 12.8. The molecule has 0 aromatic heterocycles. The minimum absolute atomic E-state index is 0.186. The standard InChI is InChI=1S/C22H35N5O3S/c1-3-21(28)26-15-12-19(17-26)25-22(23-4-2)24-16-18-8-10-20(11-9-18)31(29,30)27-13-6-5-7-14-27/h8-11,19H,3-7,12-17H2,1-2H3,(H2,23,24,25). The van der Waals surface area contributed by atoms with Crippen molar-refractivity contribution < 1.29 is 13.2 Å². The third-order valence-corrected chi connectivity index (χ3v) is 7.74. The Hall–Kier alpha value is -2.13. The van der Waals surface area contributed by atoms with Gasteiger partial charge in [0, 0.05) is 45.2 Å². The molecule has 0 radical (unpaired) electrons. The van der Waals surface area contributed by atoms with Crippen LogP contribution in [-0.2, 0) is 21.4 Å². The van der Waals surface area contributed by atoms with Gasteiger partial charge in [0.15, 0.2) is 5.96 Å². The van der Waals surface area contributed by atoms with Crippen LogP contribution >= 0.6 is 0 Å². The van der Waals surface area contributed by atoms with Crippen molar-refractivity contribution in [1.29, 1.82) is 0 Å². The molecule has 2 aliphatic rings. The van der Waals surface area contributed by atoms with Gasteiger partial charge in [-0.2, -0.15) is 4.31 Å². The van der Waals surface area contributed by atoms with E-state index in [1.165, 1.54) is 0 Å². The quantitative estimate of drug-likeness (QED) is 0.490. The van der Waals surface area contributed by atoms with Gasteiger partial charge in [-0.15, -0.1) is 0 Å². The molecule has 2 heterocycles. The van der Waals surface area contributed by atoms with Gasteiger partial charge >= 0.3 is 0 Å². The van der Waals surface area contributed by atoms with Gasteiger partial charge in [0.2, 0.25) is 15.9 Å². The Morgan fingerprint density at radius 1 is 1.10 bits per heavy atom. The number of amides is 1. The summed E-state index contributed by atoms with van der Waals surface area (Å²) in [5.74, 6) is 0.897. The summed E-state index contributed by atoms with van der Waals surface area (Å²) in [5.41, 5.74) is 0.948. The number of nitrogens with zero attached hydrogens (tertiary/aromatic N) is 3. The number of hydrogen-bond donors (Lipinski definition) is 2. The fraction of sp³-hybridized carbons (Fsp3) is 0.636. The van der Waals surface area contributed by atoms with Crippen molar-refractivity contribution in [3.63, 3.8) is 0 Å². The highest BCUT2D eigenvalue weighted by atomic mass is 32.2. The van der Waals surface area contributed by atoms with E-state index in [2.05, 4.69) is 15.6 Å². The summed E-state index contributed by atoms with van der Waals surface area (Å²) in [5, 5.41) is 6.67. The smallest absolute Gasteiger partial charge is 0.243 e. The lowest BCUT2D eigenvalue weighted by Crippen LogP contribution is -2.45. The van der Waals surface area contributed by atoms with Crippen molar-refractivity contribution in [2.75, 3.05) is 32.7 Å². The minimum Gasteiger partial charge on any atom is -0.357 e. The van der Waals surface area contributed by atoms with Crippen molar-refractivity contribution in [2.45, 2.75) is 63.4 Å². The number of likely N-dealkylation sites (tertiary alicyclic amines) is 1. The molecule has 31 heavy (non-hydrogen) atoms. The predicted octanol–water partition coefficient (Wildman–Crippen LogP) is 1.93. The Morgan fingerprint density at radius 3 is 2.45 bits per heavy atom. The van der Waals surface area contributed by atoms with Crippen LogP contribution in [0.3, 0.4) is 0 Å². The molecule has 2 fully saturated rings. The van der Waals surface area contributed by atoms with Crippen LogP contribution in [0.5, 0.6) is 0 Å². The molecule has 3 rings (SSSR count). The van der Waals surface area contributed by atoms with E-state index < -0.39 is 10.0 Å². The van der Waals surface area contributed by atoms with Gasteiger partial charge in [0.1, 0.15) is 0 Å². The third-order valence-electron chi connectivity index (χ3n) is 5.82. The molecule has 1 aromatic carbocycles. The molecule has 0 spiro atoms. The molecule has 0 bridgehead atoms. The number of aliphatic imine (C=N–C) groups is 1. The molecular formula is C22H35N5O3S. The maximum Gasteiger partial charge on any atom is 0.243 e. The Labute approximate surface area is 186 Å². The van der Waals surface area contributed by atoms with E-state index in [1.807, 2.05) is 30.9 Å². The molecule has 1 aromatic rings. The van der Waals surface area contributed by atoms with Crippen molar-refractivity contribution >= 4 is 21.9 Å². The molecule has 2 N–H and O–H groups in total. The summed E-state index contributed by atoms with van der Waals surface area (Å²) in [6.45, 7) is 7.77. The first-order valence-corrected chi connectivity index (χ1v) is 12.8. The SMILES string of the molecule is CCNC(=NCc1ccc(S(=O)(=O)N2CCCCC2)cc1)NC1CCN(C(=O)CC)C1. The van der Waals surface area contributed by atoms with E-state index >= 15 is 0 Å². The van der Waals surface area contributed by atoms with Gasteiger partial charge in [-0.1, -0.05) is 25.5 Å². The van der Waals surface area contributed by atoms with Crippen LogP contribution < -0.4 is 10.6 Å². The number of hydrogen-bond acceptors (Lipinski definition) is 4. The molecule has 1 unspecified atom stereocenters. The predicted molar refractivity (Wildman–Crippen MR) is 122 cm³/mol. The Morgan fingerprint density at radius 2 is 1.81 bits per heavy atom. The van der Waals surface area contributed by atoms with Crippen LogP contribution in [0, 0.1) is 0 Å². The van der Waals surface area contributed by atoms with E-state index in [-0.39, 0.29) is 11.9 Å². The fourth-order valence-electron chi connectivity index (χ4n) is 4.03. The van der Waals surface area contributed by atoms with E-state index in [4.69, 9.17) is 0 Å². The van der Waals surface area contributed by atoms with E-state index in [1.54, 1.807) is 16.4 Å². The highest BCUT2D eigenvalue weighted by Crippen LogP contribution is 2.21. The summed E-state index contributed by atoms with van der Waals surface area (Å²) in [6, 6.07) is 7.22. The van der Waals surface area contributed by atoms with Crippen LogP contribution in [0.1, 0.15) is 51.5 Å². The monoisotopic (exact) mass is 449 g/mol. The lowest BCUT2D eigenvalue weighted by molar-refractivity contribution is -0.129. The zero-order valence-electron chi connectivity index (χ0n) is 18.6. The highest BCUT2D eigenvalue weighted by molar-refractivity contribution is 7.89. The summed E-state index contributed by atoms with van der Waals surface area (Å²) in [7, 11) is -3.41. The van der Waals surface area contributed by atoms with Gasteiger partial charge in [0.25, 0.3) is 0 Å². The van der Waals surface area contributed by atoms with Gasteiger partial charge < -0.3 is 15.5 Å². The summed E-state index contributed by atoms with van der Waals surface area (Å²) in [4.78, 5) is 18.8. The Kier molecular flexibility index (Phi) is 8.31. The second kappa shape index (κ2) is 10.9. The average molecular weight is 450 g/mol. The fourth-order valence-corrected chi connectivity index (χ4v) is 5.55. The normalized spacial score (nSPS) is 20.6. The minimum atomic E-state index is -3.41. The van der Waals surface area contributed by atoms with Gasteiger partial charge in [-0.05, 0) is 43.9 Å². The number of piperidine rings is 1. The lowest BCUT2D eigenvalue weighted by Gasteiger charge is -2.25. The topological polar surface area (TPSA) is 94.1 Å². The number of sulfonamides is 1. The maximum absolute atomic E-state index is 12.8. The lowest BCUT2D eigenvalue weighted by atomic mass is 10.2. The van der Waals surface area contributed by atoms with Gasteiger partial charge in [-0.3, -0.25) is 4.79 Å². The van der Waals surface area contributed by atoms with Crippen LogP contribution in [0.2, 0.25) is 0 Å². The van der Waals surface area contributed by atoms with Crippen LogP contribution in [0.25, 0.3) is 0 Å². The second-order valence-corrected chi connectivity index (χ2v) is 10.1.